The van der Waals surface area contributed by atoms with Gasteiger partial charge in [0.05, 0.1) is 22.3 Å². The van der Waals surface area contributed by atoms with E-state index in [1.54, 1.807) is 0 Å². The summed E-state index contributed by atoms with van der Waals surface area (Å²) < 4.78 is 0. The predicted octanol–water partition coefficient (Wildman–Crippen LogP) is 4.33. The normalized spacial score (nSPS) is 14.3. The molecule has 1 fully saturated rings. The van der Waals surface area contributed by atoms with Gasteiger partial charge < -0.3 is 0 Å². The molecule has 1 saturated carbocycles. The fourth-order valence-corrected chi connectivity index (χ4v) is 3.23. The first-order chi connectivity index (χ1) is 9.26. The Kier molecular flexibility index (Phi) is 3.35. The van der Waals surface area contributed by atoms with Crippen molar-refractivity contribution in [2.75, 3.05) is 0 Å². The summed E-state index contributed by atoms with van der Waals surface area (Å²) in [6.07, 6.45) is 5.23. The van der Waals surface area contributed by atoms with E-state index >= 15 is 0 Å². The molecule has 1 aliphatic rings. The molecule has 3 heteroatoms. The molecule has 0 unspecified atom stereocenters. The van der Waals surface area contributed by atoms with Gasteiger partial charge in [-0.05, 0) is 37.8 Å². The minimum Gasteiger partial charge on any atom is -0.241 e. The van der Waals surface area contributed by atoms with E-state index in [-0.39, 0.29) is 0 Å². The summed E-state index contributed by atoms with van der Waals surface area (Å²) in [6, 6.07) is 9.85. The molecule has 2 nitrogen and oxygen atoms in total. The van der Waals surface area contributed by atoms with Crippen molar-refractivity contribution >= 4 is 11.3 Å². The Balaban J connectivity index is 1.80. The maximum atomic E-state index is 8.82. The van der Waals surface area contributed by atoms with Gasteiger partial charge in [-0.15, -0.1) is 11.3 Å². The fourth-order valence-electron chi connectivity index (χ4n) is 2.26. The summed E-state index contributed by atoms with van der Waals surface area (Å²) in [7, 11) is 0. The minimum absolute atomic E-state index is 0.700. The Morgan fingerprint density at radius 3 is 2.68 bits per heavy atom. The Morgan fingerprint density at radius 2 is 2.05 bits per heavy atom. The standard InChI is InChI=1S/C16H16N2S/c1-11-16(14-7-4-13(10-17)5-8-14)18-15(19-11)9-6-12-2-3-12/h4-5,7-8,12H,2-3,6,9H2,1H3. The first-order valence-electron chi connectivity index (χ1n) is 6.73. The van der Waals surface area contributed by atoms with Crippen LogP contribution in [0.25, 0.3) is 11.3 Å². The third-order valence-corrected chi connectivity index (χ3v) is 4.62. The SMILES string of the molecule is Cc1sc(CCC2CC2)nc1-c1ccc(C#N)cc1. The van der Waals surface area contributed by atoms with E-state index in [0.29, 0.717) is 5.56 Å². The smallest absolute Gasteiger partial charge is 0.0991 e. The molecular weight excluding hydrogens is 252 g/mol. The zero-order chi connectivity index (χ0) is 13.2. The summed E-state index contributed by atoms with van der Waals surface area (Å²) in [5, 5.41) is 10.1. The molecule has 0 radical (unpaired) electrons. The Morgan fingerprint density at radius 1 is 1.32 bits per heavy atom. The number of hydrogen-bond donors (Lipinski definition) is 0. The molecule has 0 atom stereocenters. The third-order valence-electron chi connectivity index (χ3n) is 3.59. The van der Waals surface area contributed by atoms with Crippen LogP contribution in [-0.4, -0.2) is 4.98 Å². The van der Waals surface area contributed by atoms with Crippen LogP contribution in [-0.2, 0) is 6.42 Å². The maximum absolute atomic E-state index is 8.82. The molecule has 0 amide bonds. The van der Waals surface area contributed by atoms with Gasteiger partial charge in [0.25, 0.3) is 0 Å². The summed E-state index contributed by atoms with van der Waals surface area (Å²) >= 11 is 1.81. The molecule has 1 aromatic heterocycles. The summed E-state index contributed by atoms with van der Waals surface area (Å²) in [5.41, 5.74) is 2.90. The van der Waals surface area contributed by atoms with Crippen LogP contribution in [0.4, 0.5) is 0 Å². The quantitative estimate of drug-likeness (QED) is 0.827. The van der Waals surface area contributed by atoms with E-state index in [1.807, 2.05) is 35.6 Å². The van der Waals surface area contributed by atoms with Gasteiger partial charge in [-0.3, -0.25) is 0 Å². The predicted molar refractivity (Wildman–Crippen MR) is 78.0 cm³/mol. The van der Waals surface area contributed by atoms with Crippen molar-refractivity contribution in [1.29, 1.82) is 5.26 Å². The van der Waals surface area contributed by atoms with E-state index in [0.717, 1.165) is 23.6 Å². The molecule has 1 heterocycles. The van der Waals surface area contributed by atoms with Gasteiger partial charge in [-0.1, -0.05) is 25.0 Å². The van der Waals surface area contributed by atoms with Crippen LogP contribution < -0.4 is 0 Å². The Bertz CT molecular complexity index is 615. The average Bonchev–Trinajstić information content (AvgIpc) is 3.19. The molecule has 2 aromatic rings. The minimum atomic E-state index is 0.700. The lowest BCUT2D eigenvalue weighted by molar-refractivity contribution is 0.724. The highest BCUT2D eigenvalue weighted by Crippen LogP contribution is 2.35. The second kappa shape index (κ2) is 5.14. The van der Waals surface area contributed by atoms with Gasteiger partial charge in [0.15, 0.2) is 0 Å². The number of benzene rings is 1. The fraction of sp³-hybridized carbons (Fsp3) is 0.375. The summed E-state index contributed by atoms with van der Waals surface area (Å²) in [4.78, 5) is 6.04. The molecule has 0 bridgehead atoms. The van der Waals surface area contributed by atoms with Crippen LogP contribution in [0.2, 0.25) is 0 Å². The van der Waals surface area contributed by atoms with Crippen LogP contribution >= 0.6 is 11.3 Å². The van der Waals surface area contributed by atoms with E-state index in [2.05, 4.69) is 13.0 Å². The molecule has 96 valence electrons. The number of thiazole rings is 1. The molecule has 0 spiro atoms. The van der Waals surface area contributed by atoms with Crippen LogP contribution in [0.1, 0.15) is 34.7 Å². The first-order valence-corrected chi connectivity index (χ1v) is 7.55. The van der Waals surface area contributed by atoms with Gasteiger partial charge in [-0.2, -0.15) is 5.26 Å². The van der Waals surface area contributed by atoms with E-state index in [1.165, 1.54) is 29.1 Å². The number of hydrogen-bond acceptors (Lipinski definition) is 3. The largest absolute Gasteiger partial charge is 0.241 e. The van der Waals surface area contributed by atoms with Crippen molar-refractivity contribution in [3.05, 3.63) is 39.7 Å². The molecule has 19 heavy (non-hydrogen) atoms. The molecule has 3 rings (SSSR count). The van der Waals surface area contributed by atoms with Crippen LogP contribution in [0, 0.1) is 24.2 Å². The molecule has 0 aliphatic heterocycles. The van der Waals surface area contributed by atoms with Gasteiger partial charge in [0.2, 0.25) is 0 Å². The second-order valence-electron chi connectivity index (χ2n) is 5.18. The highest BCUT2D eigenvalue weighted by molar-refractivity contribution is 7.12. The number of nitriles is 1. The van der Waals surface area contributed by atoms with E-state index in [4.69, 9.17) is 10.2 Å². The molecular formula is C16H16N2S. The number of rotatable bonds is 4. The van der Waals surface area contributed by atoms with Crippen molar-refractivity contribution in [3.8, 4) is 17.3 Å². The van der Waals surface area contributed by atoms with Crippen molar-refractivity contribution in [2.24, 2.45) is 5.92 Å². The maximum Gasteiger partial charge on any atom is 0.0991 e. The lowest BCUT2D eigenvalue weighted by Gasteiger charge is -1.98. The zero-order valence-electron chi connectivity index (χ0n) is 11.0. The highest BCUT2D eigenvalue weighted by Gasteiger charge is 2.21. The average molecular weight is 268 g/mol. The van der Waals surface area contributed by atoms with Gasteiger partial charge >= 0.3 is 0 Å². The topological polar surface area (TPSA) is 36.7 Å². The molecule has 1 aromatic carbocycles. The zero-order valence-corrected chi connectivity index (χ0v) is 11.8. The van der Waals surface area contributed by atoms with Crippen molar-refractivity contribution in [1.82, 2.24) is 4.98 Å². The highest BCUT2D eigenvalue weighted by atomic mass is 32.1. The summed E-state index contributed by atoms with van der Waals surface area (Å²) in [6.45, 7) is 2.13. The third kappa shape index (κ3) is 2.85. The van der Waals surface area contributed by atoms with Gasteiger partial charge in [0, 0.05) is 10.4 Å². The van der Waals surface area contributed by atoms with E-state index in [9.17, 15) is 0 Å². The van der Waals surface area contributed by atoms with E-state index < -0.39 is 0 Å². The van der Waals surface area contributed by atoms with Crippen LogP contribution in [0.15, 0.2) is 24.3 Å². The lowest BCUT2D eigenvalue weighted by Crippen LogP contribution is -1.86. The van der Waals surface area contributed by atoms with Gasteiger partial charge in [-0.25, -0.2) is 4.98 Å². The van der Waals surface area contributed by atoms with Crippen molar-refractivity contribution in [2.45, 2.75) is 32.6 Å². The number of aromatic nitrogens is 1. The number of aryl methyl sites for hydroxylation is 2. The van der Waals surface area contributed by atoms with Crippen LogP contribution in [0.5, 0.6) is 0 Å². The molecule has 0 saturated heterocycles. The first kappa shape index (κ1) is 12.4. The number of nitrogens with zero attached hydrogens (tertiary/aromatic N) is 2. The van der Waals surface area contributed by atoms with Gasteiger partial charge in [0.1, 0.15) is 0 Å². The molecule has 1 aliphatic carbocycles. The van der Waals surface area contributed by atoms with Crippen LogP contribution in [0.3, 0.4) is 0 Å². The lowest BCUT2D eigenvalue weighted by atomic mass is 10.1. The summed E-state index contributed by atoms with van der Waals surface area (Å²) in [5.74, 6) is 0.961. The van der Waals surface area contributed by atoms with Crippen molar-refractivity contribution in [3.63, 3.8) is 0 Å². The second-order valence-corrected chi connectivity index (χ2v) is 6.47. The Hall–Kier alpha value is -1.66. The molecule has 0 N–H and O–H groups in total. The monoisotopic (exact) mass is 268 g/mol. The Labute approximate surface area is 117 Å². The van der Waals surface area contributed by atoms with Crippen molar-refractivity contribution < 1.29 is 0 Å².